The highest BCUT2D eigenvalue weighted by molar-refractivity contribution is 6.58. The number of nitrogens with one attached hydrogen (secondary N) is 3. The Labute approximate surface area is 386 Å². The second-order valence-corrected chi connectivity index (χ2v) is 15.4. The Kier molecular flexibility index (Phi) is 17.5. The maximum Gasteiger partial charge on any atom is 0.267 e. The van der Waals surface area contributed by atoms with Gasteiger partial charge >= 0.3 is 0 Å². The Balaban J connectivity index is 0.962. The molecular formula is C50H56B2N4O10. The topological polar surface area (TPSA) is 185 Å². The van der Waals surface area contributed by atoms with Crippen LogP contribution in [0.25, 0.3) is 22.4 Å². The monoisotopic (exact) mass is 894 g/mol. The minimum Gasteiger partial charge on any atom is -0.506 e. The third kappa shape index (κ3) is 12.1. The standard InChI is InChI=1S/C50H56B2N4O10/c1-59-21-23-61-25-27-63-29-31-65-37-15-11-35(12-16-37)51-55-41-7-3-5-33-9-19-39(47(53)43(33)41)45-49(57)46(50(45)58)40-20-10-34-6-4-8-42(44(34)48(40)54)56-52-36-13-17-38(18-14-36)66-32-30-64-28-26-62-24-22-60-2/h3-20,51-53,55-57H,21-32,54H2,1-2H3/b45-39-,53-47?. The summed E-state index contributed by atoms with van der Waals surface area (Å²) in [6.45, 7) is 5.95. The average Bonchev–Trinajstić information content (AvgIpc) is 3.34. The Morgan fingerprint density at radius 1 is 0.591 bits per heavy atom. The summed E-state index contributed by atoms with van der Waals surface area (Å²) in [4.78, 5) is 14.0. The molecule has 0 radical (unpaired) electrons. The number of methoxy groups -OCH3 is 2. The number of nitrogens with two attached hydrogens (primary N) is 1. The summed E-state index contributed by atoms with van der Waals surface area (Å²) in [5.41, 5.74) is 13.4. The first-order valence-electron chi connectivity index (χ1n) is 22.0. The number of ketones is 1. The summed E-state index contributed by atoms with van der Waals surface area (Å²) < 4.78 is 43.5. The highest BCUT2D eigenvalue weighted by Crippen LogP contribution is 2.44. The first kappa shape index (κ1) is 47.6. The molecule has 0 atom stereocenters. The van der Waals surface area contributed by atoms with Crippen molar-refractivity contribution in [2.24, 2.45) is 0 Å². The number of ether oxygens (including phenoxy) is 8. The predicted octanol–water partition coefficient (Wildman–Crippen LogP) is 4.96. The van der Waals surface area contributed by atoms with Crippen LogP contribution in [0.2, 0.25) is 0 Å². The molecule has 66 heavy (non-hydrogen) atoms. The Morgan fingerprint density at radius 3 is 1.67 bits per heavy atom. The molecule has 0 saturated heterocycles. The summed E-state index contributed by atoms with van der Waals surface area (Å²) in [7, 11) is 4.28. The summed E-state index contributed by atoms with van der Waals surface area (Å²) in [6, 6.07) is 30.9. The van der Waals surface area contributed by atoms with E-state index in [4.69, 9.17) is 43.6 Å². The molecule has 2 aliphatic carbocycles. The van der Waals surface area contributed by atoms with Gasteiger partial charge in [0.05, 0.1) is 82.9 Å². The fraction of sp³-hybridized carbons (Fsp3) is 0.280. The number of aliphatic hydroxyl groups is 1. The number of carbonyl (C=O) groups is 1. The minimum atomic E-state index is -0.371. The van der Waals surface area contributed by atoms with Gasteiger partial charge in [0.25, 0.3) is 14.8 Å². The molecule has 2 aliphatic rings. The second-order valence-electron chi connectivity index (χ2n) is 15.4. The second kappa shape index (κ2) is 24.2. The van der Waals surface area contributed by atoms with Crippen molar-refractivity contribution in [2.45, 2.75) is 0 Å². The summed E-state index contributed by atoms with van der Waals surface area (Å²) in [6.07, 6.45) is 3.59. The molecule has 0 aromatic heterocycles. The average molecular weight is 895 g/mol. The van der Waals surface area contributed by atoms with E-state index >= 15 is 0 Å². The van der Waals surface area contributed by atoms with Gasteiger partial charge in [0.15, 0.2) is 0 Å². The van der Waals surface area contributed by atoms with Gasteiger partial charge in [-0.3, -0.25) is 10.2 Å². The molecule has 0 spiro atoms. The van der Waals surface area contributed by atoms with Gasteiger partial charge in [-0.1, -0.05) is 83.7 Å². The van der Waals surface area contributed by atoms with Crippen LogP contribution >= 0.6 is 0 Å². The van der Waals surface area contributed by atoms with Crippen LogP contribution < -0.4 is 36.6 Å². The first-order chi connectivity index (χ1) is 32.4. The number of carbonyl (C=O) groups excluding carboxylic acids is 1. The van der Waals surface area contributed by atoms with Crippen LogP contribution in [0.4, 0.5) is 17.1 Å². The van der Waals surface area contributed by atoms with Crippen molar-refractivity contribution in [1.82, 2.24) is 0 Å². The van der Waals surface area contributed by atoms with E-state index in [1.807, 2.05) is 97.1 Å². The summed E-state index contributed by atoms with van der Waals surface area (Å²) in [5.74, 6) is 0.920. The van der Waals surface area contributed by atoms with Crippen molar-refractivity contribution in [3.8, 4) is 11.5 Å². The molecule has 0 fully saturated rings. The molecule has 0 amide bonds. The van der Waals surface area contributed by atoms with E-state index in [1.54, 1.807) is 26.4 Å². The maximum absolute atomic E-state index is 14.0. The molecule has 7 rings (SSSR count). The van der Waals surface area contributed by atoms with Gasteiger partial charge in [-0.15, -0.1) is 0 Å². The van der Waals surface area contributed by atoms with Crippen LogP contribution in [-0.4, -0.2) is 125 Å². The highest BCUT2D eigenvalue weighted by atomic mass is 16.6. The van der Waals surface area contributed by atoms with Crippen LogP contribution in [0.1, 0.15) is 16.7 Å². The number of allylic oxidation sites excluding steroid dienone is 4. The molecule has 5 aromatic carbocycles. The van der Waals surface area contributed by atoms with E-state index < -0.39 is 0 Å². The van der Waals surface area contributed by atoms with Crippen LogP contribution in [0, 0.1) is 5.41 Å². The number of hydrogen-bond donors (Lipinski definition) is 5. The van der Waals surface area contributed by atoms with Gasteiger partial charge in [-0.25, -0.2) is 0 Å². The molecule has 14 nitrogen and oxygen atoms in total. The molecule has 6 N–H and O–H groups in total. The van der Waals surface area contributed by atoms with Crippen molar-refractivity contribution in [2.75, 3.05) is 110 Å². The van der Waals surface area contributed by atoms with Crippen LogP contribution in [0.3, 0.4) is 0 Å². The van der Waals surface area contributed by atoms with Gasteiger partial charge in [-0.05, 0) is 47.3 Å². The lowest BCUT2D eigenvalue weighted by molar-refractivity contribution is -0.111. The van der Waals surface area contributed by atoms with E-state index in [0.29, 0.717) is 116 Å². The predicted molar refractivity (Wildman–Crippen MR) is 264 cm³/mol. The van der Waals surface area contributed by atoms with Crippen molar-refractivity contribution < 1.29 is 47.8 Å². The minimum absolute atomic E-state index is 0.0947. The SMILES string of the molecule is COCCOCCOCCOc1ccc(BNc2cccc3c2C(=N)/C(=C2\C(=O)C(c4ccc5cccc(NBc6ccc(OCCOCCOCCOC)cc6)c5c4N)=C2O)C=C3)cc1. The van der Waals surface area contributed by atoms with Crippen LogP contribution in [0.15, 0.2) is 120 Å². The zero-order valence-electron chi connectivity index (χ0n) is 37.5. The third-order valence-corrected chi connectivity index (χ3v) is 11.0. The Bertz CT molecular complexity index is 2550. The molecule has 0 saturated carbocycles. The van der Waals surface area contributed by atoms with Gasteiger partial charge < -0.3 is 59.2 Å². The number of fused-ring (bicyclic) bond motifs is 2. The quantitative estimate of drug-likeness (QED) is 0.0207. The number of hydrogen-bond acceptors (Lipinski definition) is 14. The van der Waals surface area contributed by atoms with Gasteiger partial charge in [0.1, 0.15) is 30.5 Å². The normalized spacial score (nSPS) is 14.3. The lowest BCUT2D eigenvalue weighted by Gasteiger charge is -2.27. The lowest BCUT2D eigenvalue weighted by atomic mass is 9.76. The van der Waals surface area contributed by atoms with Gasteiger partial charge in [-0.2, -0.15) is 0 Å². The first-order valence-corrected chi connectivity index (χ1v) is 22.0. The number of Topliss-reactive ketones (excluding diaryl/α,β-unsaturated/α-hetero) is 1. The molecule has 0 aliphatic heterocycles. The molecule has 5 aromatic rings. The Hall–Kier alpha value is -6.39. The molecular weight excluding hydrogens is 838 g/mol. The summed E-state index contributed by atoms with van der Waals surface area (Å²) in [5, 5.41) is 29.5. The van der Waals surface area contributed by atoms with Crippen molar-refractivity contribution >= 4 is 76.7 Å². The molecule has 0 unspecified atom stereocenters. The van der Waals surface area contributed by atoms with Crippen molar-refractivity contribution in [3.63, 3.8) is 0 Å². The molecule has 342 valence electrons. The van der Waals surface area contributed by atoms with Crippen molar-refractivity contribution in [3.05, 3.63) is 137 Å². The Morgan fingerprint density at radius 2 is 1.11 bits per heavy atom. The van der Waals surface area contributed by atoms with E-state index in [-0.39, 0.29) is 28.4 Å². The number of nitrogen functional groups attached to an aromatic ring is 1. The van der Waals surface area contributed by atoms with Crippen LogP contribution in [0.5, 0.6) is 11.5 Å². The molecule has 16 heteroatoms. The largest absolute Gasteiger partial charge is 0.506 e. The zero-order valence-corrected chi connectivity index (χ0v) is 37.5. The lowest BCUT2D eigenvalue weighted by Crippen LogP contribution is -2.27. The molecule has 0 bridgehead atoms. The number of rotatable bonds is 27. The van der Waals surface area contributed by atoms with Crippen molar-refractivity contribution in [1.29, 1.82) is 5.41 Å². The molecule has 0 heterocycles. The third-order valence-electron chi connectivity index (χ3n) is 11.0. The zero-order chi connectivity index (χ0) is 46.1. The van der Waals surface area contributed by atoms with Gasteiger partial charge in [0, 0.05) is 53.4 Å². The fourth-order valence-corrected chi connectivity index (χ4v) is 7.58. The number of anilines is 3. The number of aliphatic hydroxyl groups excluding tert-OH is 1. The van der Waals surface area contributed by atoms with Gasteiger partial charge in [0.2, 0.25) is 5.78 Å². The highest BCUT2D eigenvalue weighted by Gasteiger charge is 2.39. The number of benzene rings is 5. The van der Waals surface area contributed by atoms with E-state index in [2.05, 4.69) is 10.5 Å². The van der Waals surface area contributed by atoms with Crippen LogP contribution in [-0.2, 0) is 33.2 Å². The smallest absolute Gasteiger partial charge is 0.267 e. The fourth-order valence-electron chi connectivity index (χ4n) is 7.58. The van der Waals surface area contributed by atoms with E-state index in [1.165, 1.54) is 0 Å². The van der Waals surface area contributed by atoms with E-state index in [9.17, 15) is 15.3 Å². The maximum atomic E-state index is 14.0. The summed E-state index contributed by atoms with van der Waals surface area (Å²) >= 11 is 0. The van der Waals surface area contributed by atoms with E-state index in [0.717, 1.165) is 50.1 Å².